The van der Waals surface area contributed by atoms with Crippen LogP contribution in [0.1, 0.15) is 0 Å². The summed E-state index contributed by atoms with van der Waals surface area (Å²) in [6, 6.07) is 0. The average Bonchev–Trinajstić information content (AvgIpc) is 0. The zero-order valence-electron chi connectivity index (χ0n) is 1.76. The molecular formula is H6AlCrFeSi. The van der Waals surface area contributed by atoms with E-state index in [9.17, 15) is 0 Å². The Bertz CT molecular complexity index is 8.00. The van der Waals surface area contributed by atoms with Crippen molar-refractivity contribution in [1.82, 2.24) is 0 Å². The van der Waals surface area contributed by atoms with Crippen molar-refractivity contribution in [2.75, 3.05) is 0 Å². The molecule has 0 heterocycles. The first kappa shape index (κ1) is 41.2. The molecule has 0 aromatic carbocycles. The van der Waals surface area contributed by atoms with E-state index in [1.165, 1.54) is 0 Å². The van der Waals surface area contributed by atoms with Crippen LogP contribution in [0.3, 0.4) is 0 Å². The van der Waals surface area contributed by atoms with Gasteiger partial charge in [0.15, 0.2) is 17.4 Å². The van der Waals surface area contributed by atoms with Crippen LogP contribution >= 0.6 is 0 Å². The summed E-state index contributed by atoms with van der Waals surface area (Å²) in [4.78, 5) is 0. The third kappa shape index (κ3) is 9.19. The fourth-order valence-corrected chi connectivity index (χ4v) is 0. The van der Waals surface area contributed by atoms with Crippen molar-refractivity contribution >= 4 is 28.3 Å². The van der Waals surface area contributed by atoms with Gasteiger partial charge in [0.25, 0.3) is 0 Å². The van der Waals surface area contributed by atoms with Crippen molar-refractivity contribution in [3.8, 4) is 0 Å². The molecule has 0 aliphatic carbocycles. The Morgan fingerprint density at radius 1 is 1.00 bits per heavy atom. The second-order valence-electron chi connectivity index (χ2n) is 0. The van der Waals surface area contributed by atoms with Crippen molar-refractivity contribution < 1.29 is 34.4 Å². The predicted molar refractivity (Wildman–Crippen MR) is 19.9 cm³/mol. The topological polar surface area (TPSA) is 0 Å². The molecule has 4 heteroatoms. The second-order valence-corrected chi connectivity index (χ2v) is 0. The van der Waals surface area contributed by atoms with E-state index >= 15 is 0 Å². The van der Waals surface area contributed by atoms with Crippen molar-refractivity contribution in [2.24, 2.45) is 0 Å². The first-order valence-corrected chi connectivity index (χ1v) is 0. The molecule has 1 radical (unpaired) electrons. The van der Waals surface area contributed by atoms with E-state index < -0.39 is 0 Å². The van der Waals surface area contributed by atoms with Gasteiger partial charge < -0.3 is 0 Å². The van der Waals surface area contributed by atoms with Gasteiger partial charge in [-0.1, -0.05) is 0 Å². The Kier molecular flexibility index (Phi) is 220. The van der Waals surface area contributed by atoms with Gasteiger partial charge >= 0.3 is 0 Å². The fraction of sp³-hybridized carbons (Fsp3) is 0. The normalized spacial score (nSPS) is 0. The molecule has 0 atom stereocenters. The molecule has 27 valence electrons. The van der Waals surface area contributed by atoms with Gasteiger partial charge in [-0.2, -0.15) is 0 Å². The number of hydrogen-bond acceptors (Lipinski definition) is 0. The van der Waals surface area contributed by atoms with Gasteiger partial charge in [0.2, 0.25) is 0 Å². The second kappa shape index (κ2) is 21.4. The Morgan fingerprint density at radius 3 is 1.00 bits per heavy atom. The molecule has 0 rings (SSSR count). The zero-order chi connectivity index (χ0) is 0. The van der Waals surface area contributed by atoms with E-state index in [-0.39, 0.29) is 62.8 Å². The number of rotatable bonds is 0. The molecule has 0 aromatic heterocycles. The monoisotopic (exact) mass is 169 g/mol. The van der Waals surface area contributed by atoms with Crippen LogP contribution in [0.15, 0.2) is 0 Å². The molecule has 4 heavy (non-hydrogen) atoms. The molecule has 0 N–H and O–H groups in total. The van der Waals surface area contributed by atoms with E-state index in [2.05, 4.69) is 0 Å². The maximum atomic E-state index is 0. The summed E-state index contributed by atoms with van der Waals surface area (Å²) >= 11 is 0. The SMILES string of the molecule is [AlH3].[Cr].[Fe].[SiH3]. The number of hydrogen-bond donors (Lipinski definition) is 0. The molecule has 0 aromatic rings. The first-order chi connectivity index (χ1) is 0. The van der Waals surface area contributed by atoms with Gasteiger partial charge in [0, 0.05) is 34.4 Å². The summed E-state index contributed by atoms with van der Waals surface area (Å²) in [5, 5.41) is 0. The maximum Gasteiger partial charge on any atom is 0.187 e. The van der Waals surface area contributed by atoms with Crippen LogP contribution in [0.25, 0.3) is 0 Å². The summed E-state index contributed by atoms with van der Waals surface area (Å²) in [6.07, 6.45) is 0. The van der Waals surface area contributed by atoms with E-state index in [1.54, 1.807) is 0 Å². The Labute approximate surface area is 62.5 Å². The third-order valence-electron chi connectivity index (χ3n) is 0. The standard InChI is InChI=1S/Al.Cr.Fe.H3Si.3H/h;;;1H3;;;. The van der Waals surface area contributed by atoms with Crippen LogP contribution in [-0.2, 0) is 34.4 Å². The van der Waals surface area contributed by atoms with Crippen molar-refractivity contribution in [3.63, 3.8) is 0 Å². The Balaban J connectivity index is 0. The summed E-state index contributed by atoms with van der Waals surface area (Å²) in [5.74, 6) is 0. The van der Waals surface area contributed by atoms with E-state index in [0.717, 1.165) is 0 Å². The van der Waals surface area contributed by atoms with Crippen molar-refractivity contribution in [1.29, 1.82) is 0 Å². The largest absolute Gasteiger partial charge is 0.187 e. The minimum absolute atomic E-state index is 0. The van der Waals surface area contributed by atoms with Gasteiger partial charge in [0.1, 0.15) is 0 Å². The molecular weight excluding hydrogens is 163 g/mol. The molecule has 0 amide bonds. The average molecular weight is 169 g/mol. The van der Waals surface area contributed by atoms with E-state index in [4.69, 9.17) is 0 Å². The van der Waals surface area contributed by atoms with Crippen LogP contribution < -0.4 is 0 Å². The van der Waals surface area contributed by atoms with Crippen LogP contribution in [0.2, 0.25) is 0 Å². The van der Waals surface area contributed by atoms with Crippen LogP contribution in [0.5, 0.6) is 0 Å². The van der Waals surface area contributed by atoms with Gasteiger partial charge in [0.05, 0.1) is 0 Å². The van der Waals surface area contributed by atoms with Gasteiger partial charge in [-0.25, -0.2) is 0 Å². The van der Waals surface area contributed by atoms with Gasteiger partial charge in [-0.05, 0) is 11.0 Å². The van der Waals surface area contributed by atoms with Crippen molar-refractivity contribution in [2.45, 2.75) is 0 Å². The molecule has 0 saturated heterocycles. The predicted octanol–water partition coefficient (Wildman–Crippen LogP) is -2.37. The first-order valence-electron chi connectivity index (χ1n) is 0. The zero-order valence-corrected chi connectivity index (χ0v) is 6.14. The Morgan fingerprint density at radius 2 is 1.00 bits per heavy atom. The Hall–Kier alpha value is 1.80. The van der Waals surface area contributed by atoms with Gasteiger partial charge in [-0.15, -0.1) is 0 Å². The van der Waals surface area contributed by atoms with Crippen LogP contribution in [-0.4, -0.2) is 28.3 Å². The molecule has 0 saturated carbocycles. The van der Waals surface area contributed by atoms with Crippen LogP contribution in [0.4, 0.5) is 0 Å². The molecule has 0 spiro atoms. The molecule has 0 fully saturated rings. The van der Waals surface area contributed by atoms with E-state index in [0.29, 0.717) is 0 Å². The summed E-state index contributed by atoms with van der Waals surface area (Å²) in [6.45, 7) is 0. The quantitative estimate of drug-likeness (QED) is 0.355. The molecule has 0 unspecified atom stereocenters. The summed E-state index contributed by atoms with van der Waals surface area (Å²) in [5.41, 5.74) is 0. The minimum atomic E-state index is 0. The van der Waals surface area contributed by atoms with Crippen LogP contribution in [0, 0.1) is 0 Å². The van der Waals surface area contributed by atoms with Gasteiger partial charge in [-0.3, -0.25) is 0 Å². The van der Waals surface area contributed by atoms with E-state index in [1.807, 2.05) is 0 Å². The fourth-order valence-electron chi connectivity index (χ4n) is 0. The molecule has 0 aliphatic heterocycles. The minimum Gasteiger partial charge on any atom is -0.0125 e. The maximum absolute atomic E-state index is 0. The molecule has 0 nitrogen and oxygen atoms in total. The molecule has 0 bridgehead atoms. The molecule has 0 aliphatic rings. The summed E-state index contributed by atoms with van der Waals surface area (Å²) < 4.78 is 0. The third-order valence-corrected chi connectivity index (χ3v) is 0. The summed E-state index contributed by atoms with van der Waals surface area (Å²) in [7, 11) is 0. The smallest absolute Gasteiger partial charge is 0.0125 e. The van der Waals surface area contributed by atoms with Crippen molar-refractivity contribution in [3.05, 3.63) is 0 Å².